The molecule has 0 aromatic rings. The minimum atomic E-state index is 1.11. The third-order valence-corrected chi connectivity index (χ3v) is 6.62. The van der Waals surface area contributed by atoms with Crippen molar-refractivity contribution < 1.29 is 0 Å². The molecule has 1 rings (SSSR count). The standard InChI is InChI=1S/C19H39P/c1-2-3-4-5-6-9-12-15-18-20-19-16-13-10-7-8-11-14-17-19/h19-20H,2-18H2,1H3. The van der Waals surface area contributed by atoms with Gasteiger partial charge >= 0.3 is 0 Å². The van der Waals surface area contributed by atoms with E-state index in [1.165, 1.54) is 98.5 Å². The van der Waals surface area contributed by atoms with Crippen molar-refractivity contribution >= 4 is 8.58 Å². The van der Waals surface area contributed by atoms with E-state index >= 15 is 0 Å². The average Bonchev–Trinajstić information content (AvgIpc) is 2.59. The van der Waals surface area contributed by atoms with Crippen LogP contribution in [0.4, 0.5) is 0 Å². The van der Waals surface area contributed by atoms with Crippen molar-refractivity contribution in [2.24, 2.45) is 0 Å². The second-order valence-electron chi connectivity index (χ2n) is 6.82. The molecule has 0 bridgehead atoms. The minimum Gasteiger partial charge on any atom is -0.119 e. The number of hydrogen-bond donors (Lipinski definition) is 0. The van der Waals surface area contributed by atoms with Crippen molar-refractivity contribution in [1.82, 2.24) is 0 Å². The Hall–Kier alpha value is 0.430. The summed E-state index contributed by atoms with van der Waals surface area (Å²) in [5.41, 5.74) is 1.11. The van der Waals surface area contributed by atoms with Crippen LogP contribution in [0.25, 0.3) is 0 Å². The predicted octanol–water partition coefficient (Wildman–Crippen LogP) is 7.31. The fourth-order valence-corrected chi connectivity index (χ4v) is 5.08. The molecule has 1 atom stereocenters. The molecule has 0 aromatic heterocycles. The summed E-state index contributed by atoms with van der Waals surface area (Å²) in [6, 6.07) is 0. The fourth-order valence-electron chi connectivity index (χ4n) is 3.40. The third-order valence-electron chi connectivity index (χ3n) is 4.82. The van der Waals surface area contributed by atoms with Gasteiger partial charge in [0.15, 0.2) is 0 Å². The van der Waals surface area contributed by atoms with Crippen LogP contribution < -0.4 is 0 Å². The van der Waals surface area contributed by atoms with E-state index in [9.17, 15) is 0 Å². The highest BCUT2D eigenvalue weighted by molar-refractivity contribution is 7.38. The van der Waals surface area contributed by atoms with Crippen LogP contribution in [0.1, 0.15) is 110 Å². The van der Waals surface area contributed by atoms with E-state index in [4.69, 9.17) is 0 Å². The minimum absolute atomic E-state index is 1.11. The van der Waals surface area contributed by atoms with Gasteiger partial charge in [-0.1, -0.05) is 90.4 Å². The summed E-state index contributed by atoms with van der Waals surface area (Å²) >= 11 is 0. The Kier molecular flexibility index (Phi) is 13.3. The highest BCUT2D eigenvalue weighted by atomic mass is 31.1. The first-order valence-corrected chi connectivity index (χ1v) is 11.0. The summed E-state index contributed by atoms with van der Waals surface area (Å²) in [6.07, 6.45) is 25.5. The van der Waals surface area contributed by atoms with Crippen molar-refractivity contribution in [3.05, 3.63) is 0 Å². The molecule has 0 aromatic carbocycles. The number of hydrogen-bond acceptors (Lipinski definition) is 0. The Labute approximate surface area is 130 Å². The molecule has 0 aliphatic heterocycles. The summed E-state index contributed by atoms with van der Waals surface area (Å²) in [4.78, 5) is 0. The topological polar surface area (TPSA) is 0 Å². The van der Waals surface area contributed by atoms with Crippen LogP contribution >= 0.6 is 8.58 Å². The Morgan fingerprint density at radius 2 is 1.15 bits per heavy atom. The summed E-state index contributed by atoms with van der Waals surface area (Å²) in [7, 11) is 1.28. The van der Waals surface area contributed by atoms with E-state index in [1.54, 1.807) is 19.0 Å². The Morgan fingerprint density at radius 3 is 1.75 bits per heavy atom. The molecule has 1 aliphatic carbocycles. The number of unbranched alkanes of at least 4 members (excludes halogenated alkanes) is 7. The van der Waals surface area contributed by atoms with Crippen molar-refractivity contribution in [1.29, 1.82) is 0 Å². The van der Waals surface area contributed by atoms with Gasteiger partial charge in [0.2, 0.25) is 0 Å². The second-order valence-corrected chi connectivity index (χ2v) is 8.55. The van der Waals surface area contributed by atoms with Gasteiger partial charge in [-0.05, 0) is 31.1 Å². The van der Waals surface area contributed by atoms with E-state index in [2.05, 4.69) is 6.92 Å². The molecule has 1 fully saturated rings. The normalized spacial score (nSPS) is 19.1. The van der Waals surface area contributed by atoms with Crippen LogP contribution in [-0.4, -0.2) is 11.8 Å². The molecule has 1 aliphatic rings. The maximum atomic E-state index is 2.30. The predicted molar refractivity (Wildman–Crippen MR) is 96.5 cm³/mol. The van der Waals surface area contributed by atoms with E-state index in [0.29, 0.717) is 0 Å². The molecular weight excluding hydrogens is 259 g/mol. The first-order chi connectivity index (χ1) is 9.93. The summed E-state index contributed by atoms with van der Waals surface area (Å²) in [6.45, 7) is 2.30. The van der Waals surface area contributed by atoms with Gasteiger partial charge in [0.1, 0.15) is 0 Å². The molecule has 0 spiro atoms. The smallest absolute Gasteiger partial charge is 0.0237 e. The van der Waals surface area contributed by atoms with Crippen LogP contribution in [0, 0.1) is 0 Å². The molecule has 0 amide bonds. The van der Waals surface area contributed by atoms with Gasteiger partial charge in [0, 0.05) is 0 Å². The molecule has 0 saturated heterocycles. The van der Waals surface area contributed by atoms with Gasteiger partial charge < -0.3 is 0 Å². The molecule has 1 saturated carbocycles. The molecular formula is C19H39P. The van der Waals surface area contributed by atoms with Gasteiger partial charge in [-0.3, -0.25) is 0 Å². The molecule has 1 unspecified atom stereocenters. The quantitative estimate of drug-likeness (QED) is 0.293. The average molecular weight is 298 g/mol. The lowest BCUT2D eigenvalue weighted by atomic mass is 10.1. The lowest BCUT2D eigenvalue weighted by Crippen LogP contribution is -2.01. The molecule has 1 heteroatoms. The highest BCUT2D eigenvalue weighted by Gasteiger charge is 2.09. The molecule has 0 radical (unpaired) electrons. The SMILES string of the molecule is CCCCCCCCCCPC1CCCCCCCC1. The zero-order chi connectivity index (χ0) is 14.3. The summed E-state index contributed by atoms with van der Waals surface area (Å²) < 4.78 is 0. The lowest BCUT2D eigenvalue weighted by Gasteiger charge is -2.15. The Bertz CT molecular complexity index is 180. The zero-order valence-corrected chi connectivity index (χ0v) is 15.1. The lowest BCUT2D eigenvalue weighted by molar-refractivity contribution is 0.585. The molecule has 120 valence electrons. The van der Waals surface area contributed by atoms with Crippen molar-refractivity contribution in [2.45, 2.75) is 115 Å². The maximum Gasteiger partial charge on any atom is -0.0237 e. The van der Waals surface area contributed by atoms with Gasteiger partial charge in [-0.25, -0.2) is 0 Å². The molecule has 0 nitrogen and oxygen atoms in total. The zero-order valence-electron chi connectivity index (χ0n) is 14.1. The second kappa shape index (κ2) is 14.4. The van der Waals surface area contributed by atoms with Gasteiger partial charge in [-0.2, -0.15) is 0 Å². The van der Waals surface area contributed by atoms with Gasteiger partial charge in [-0.15, -0.1) is 8.58 Å². The Morgan fingerprint density at radius 1 is 0.650 bits per heavy atom. The summed E-state index contributed by atoms with van der Waals surface area (Å²) in [5, 5.41) is 0. The van der Waals surface area contributed by atoms with Crippen LogP contribution in [0.5, 0.6) is 0 Å². The Balaban J connectivity index is 1.88. The maximum absolute atomic E-state index is 2.30. The molecule has 0 heterocycles. The van der Waals surface area contributed by atoms with Crippen LogP contribution in [0.15, 0.2) is 0 Å². The summed E-state index contributed by atoms with van der Waals surface area (Å²) in [5.74, 6) is 0. The fraction of sp³-hybridized carbons (Fsp3) is 1.00. The van der Waals surface area contributed by atoms with E-state index in [0.717, 1.165) is 5.66 Å². The monoisotopic (exact) mass is 298 g/mol. The molecule has 20 heavy (non-hydrogen) atoms. The van der Waals surface area contributed by atoms with Crippen molar-refractivity contribution in [2.75, 3.05) is 6.16 Å². The highest BCUT2D eigenvalue weighted by Crippen LogP contribution is 2.31. The third kappa shape index (κ3) is 11.1. The first kappa shape index (κ1) is 18.5. The number of rotatable bonds is 10. The van der Waals surface area contributed by atoms with E-state index in [-0.39, 0.29) is 0 Å². The van der Waals surface area contributed by atoms with Crippen molar-refractivity contribution in [3.8, 4) is 0 Å². The van der Waals surface area contributed by atoms with Gasteiger partial charge in [0.25, 0.3) is 0 Å². The van der Waals surface area contributed by atoms with Gasteiger partial charge in [0.05, 0.1) is 0 Å². The van der Waals surface area contributed by atoms with Crippen LogP contribution in [-0.2, 0) is 0 Å². The largest absolute Gasteiger partial charge is 0.119 e. The van der Waals surface area contributed by atoms with E-state index < -0.39 is 0 Å². The van der Waals surface area contributed by atoms with Crippen LogP contribution in [0.2, 0.25) is 0 Å². The van der Waals surface area contributed by atoms with E-state index in [1.807, 2.05) is 0 Å². The first-order valence-electron chi connectivity index (χ1n) is 9.67. The molecule has 0 N–H and O–H groups in total. The van der Waals surface area contributed by atoms with Crippen molar-refractivity contribution in [3.63, 3.8) is 0 Å². The van der Waals surface area contributed by atoms with Crippen LogP contribution in [0.3, 0.4) is 0 Å².